The van der Waals surface area contributed by atoms with Crippen molar-refractivity contribution in [3.8, 4) is 0 Å². The van der Waals surface area contributed by atoms with Crippen LogP contribution in [0, 0.1) is 0 Å². The molecule has 0 aliphatic rings. The molecule has 6 nitrogen and oxygen atoms in total. The summed E-state index contributed by atoms with van der Waals surface area (Å²) in [4.78, 5) is 29.2. The van der Waals surface area contributed by atoms with Gasteiger partial charge in [-0.25, -0.2) is 9.78 Å². The molecule has 0 spiro atoms. The molecule has 0 atom stereocenters. The number of aromatic amines is 1. The van der Waals surface area contributed by atoms with E-state index in [9.17, 15) is 9.59 Å². The highest BCUT2D eigenvalue weighted by molar-refractivity contribution is 7.99. The van der Waals surface area contributed by atoms with E-state index in [2.05, 4.69) is 14.7 Å². The van der Waals surface area contributed by atoms with Crippen molar-refractivity contribution in [1.29, 1.82) is 0 Å². The van der Waals surface area contributed by atoms with Crippen LogP contribution in [0.2, 0.25) is 0 Å². The van der Waals surface area contributed by atoms with E-state index in [0.29, 0.717) is 28.2 Å². The summed E-state index contributed by atoms with van der Waals surface area (Å²) in [6.45, 7) is 0.264. The van der Waals surface area contributed by atoms with Gasteiger partial charge in [-0.3, -0.25) is 4.79 Å². The molecule has 100 valence electrons. The third kappa shape index (κ3) is 3.72. The highest BCUT2D eigenvalue weighted by Crippen LogP contribution is 2.15. The minimum Gasteiger partial charge on any atom is -0.450 e. The number of nitrogens with two attached hydrogens (primary N) is 1. The van der Waals surface area contributed by atoms with Crippen LogP contribution in [0.4, 0.5) is 4.79 Å². The first-order valence-corrected chi connectivity index (χ1v) is 6.69. The van der Waals surface area contributed by atoms with Crippen LogP contribution in [0.25, 0.3) is 10.9 Å². The van der Waals surface area contributed by atoms with Crippen LogP contribution in [0.15, 0.2) is 34.2 Å². The number of ether oxygens (including phenoxy) is 1. The van der Waals surface area contributed by atoms with E-state index >= 15 is 0 Å². The van der Waals surface area contributed by atoms with Gasteiger partial charge in [-0.05, 0) is 18.6 Å². The molecule has 1 heterocycles. The summed E-state index contributed by atoms with van der Waals surface area (Å²) in [7, 11) is 0. The molecule has 0 bridgehead atoms. The minimum atomic E-state index is -0.776. The monoisotopic (exact) mass is 279 g/mol. The maximum absolute atomic E-state index is 11.8. The number of rotatable bonds is 5. The zero-order valence-electron chi connectivity index (χ0n) is 10.1. The lowest BCUT2D eigenvalue weighted by Gasteiger charge is -2.03. The number of nitrogens with zero attached hydrogens (tertiary/aromatic N) is 1. The van der Waals surface area contributed by atoms with Gasteiger partial charge in [-0.15, -0.1) is 0 Å². The van der Waals surface area contributed by atoms with Crippen LogP contribution in [-0.2, 0) is 4.74 Å². The van der Waals surface area contributed by atoms with Crippen LogP contribution in [-0.4, -0.2) is 28.4 Å². The van der Waals surface area contributed by atoms with Gasteiger partial charge >= 0.3 is 6.09 Å². The maximum atomic E-state index is 11.8. The number of fused-ring (bicyclic) bond motifs is 1. The Balaban J connectivity index is 1.98. The molecular weight excluding hydrogens is 266 g/mol. The summed E-state index contributed by atoms with van der Waals surface area (Å²) in [5.74, 6) is 0.675. The predicted octanol–water partition coefficient (Wildman–Crippen LogP) is 1.50. The summed E-state index contributed by atoms with van der Waals surface area (Å²) in [5, 5.41) is 1.13. The van der Waals surface area contributed by atoms with E-state index in [0.717, 1.165) is 0 Å². The molecule has 1 aromatic heterocycles. The van der Waals surface area contributed by atoms with Crippen LogP contribution >= 0.6 is 11.8 Å². The third-order valence-electron chi connectivity index (χ3n) is 2.36. The fourth-order valence-electron chi connectivity index (χ4n) is 1.53. The molecule has 1 amide bonds. The lowest BCUT2D eigenvalue weighted by Crippen LogP contribution is -2.14. The van der Waals surface area contributed by atoms with E-state index in [1.54, 1.807) is 18.2 Å². The molecule has 3 N–H and O–H groups in total. The van der Waals surface area contributed by atoms with Crippen molar-refractivity contribution in [3.63, 3.8) is 0 Å². The molecule has 0 fully saturated rings. The molecule has 0 aliphatic heterocycles. The summed E-state index contributed by atoms with van der Waals surface area (Å²) in [6.07, 6.45) is -0.133. The Labute approximate surface area is 113 Å². The van der Waals surface area contributed by atoms with Gasteiger partial charge < -0.3 is 15.5 Å². The average molecular weight is 279 g/mol. The number of para-hydroxylation sites is 1. The number of H-pyrrole nitrogens is 1. The van der Waals surface area contributed by atoms with E-state index < -0.39 is 6.09 Å². The zero-order valence-corrected chi connectivity index (χ0v) is 10.9. The summed E-state index contributed by atoms with van der Waals surface area (Å²) < 4.78 is 4.61. The Kier molecular flexibility index (Phi) is 4.40. The molecule has 0 saturated carbocycles. The number of amides is 1. The number of benzene rings is 1. The average Bonchev–Trinajstić information content (AvgIpc) is 2.38. The molecule has 0 saturated heterocycles. The third-order valence-corrected chi connectivity index (χ3v) is 3.32. The number of aromatic nitrogens is 2. The van der Waals surface area contributed by atoms with Crippen LogP contribution in [0.5, 0.6) is 0 Å². The van der Waals surface area contributed by atoms with Crippen molar-refractivity contribution in [1.82, 2.24) is 9.97 Å². The van der Waals surface area contributed by atoms with Gasteiger partial charge in [0, 0.05) is 5.75 Å². The van der Waals surface area contributed by atoms with Crippen molar-refractivity contribution in [2.45, 2.75) is 11.6 Å². The molecule has 19 heavy (non-hydrogen) atoms. The molecule has 7 heteroatoms. The van der Waals surface area contributed by atoms with Gasteiger partial charge in [-0.1, -0.05) is 23.9 Å². The van der Waals surface area contributed by atoms with E-state index in [-0.39, 0.29) is 12.2 Å². The first-order chi connectivity index (χ1) is 9.16. The number of carbonyl (C=O) groups is 1. The zero-order chi connectivity index (χ0) is 13.7. The van der Waals surface area contributed by atoms with Gasteiger partial charge in [0.15, 0.2) is 5.16 Å². The standard InChI is InChI=1S/C12H13N3O3S/c13-11(17)18-6-3-7-19-12-14-9-5-2-1-4-8(9)10(16)15-12/h1-2,4-5H,3,6-7H2,(H2,13,17)(H,14,15,16). The van der Waals surface area contributed by atoms with Crippen LogP contribution in [0.3, 0.4) is 0 Å². The molecule has 0 unspecified atom stereocenters. The quantitative estimate of drug-likeness (QED) is 0.491. The number of carbonyl (C=O) groups excluding carboxylic acids is 1. The molecule has 1 aromatic carbocycles. The lowest BCUT2D eigenvalue weighted by atomic mass is 10.2. The molecular formula is C12H13N3O3S. The molecule has 2 aromatic rings. The van der Waals surface area contributed by atoms with Crippen molar-refractivity contribution in [2.75, 3.05) is 12.4 Å². The largest absolute Gasteiger partial charge is 0.450 e. The fraction of sp³-hybridized carbons (Fsp3) is 0.250. The van der Waals surface area contributed by atoms with Crippen molar-refractivity contribution >= 4 is 28.8 Å². The molecule has 2 rings (SSSR count). The van der Waals surface area contributed by atoms with Gasteiger partial charge in [0.05, 0.1) is 17.5 Å². The first-order valence-electron chi connectivity index (χ1n) is 5.71. The Morgan fingerprint density at radius 3 is 3.00 bits per heavy atom. The number of hydrogen-bond donors (Lipinski definition) is 2. The van der Waals surface area contributed by atoms with Gasteiger partial charge in [0.25, 0.3) is 5.56 Å². The minimum absolute atomic E-state index is 0.151. The van der Waals surface area contributed by atoms with Crippen molar-refractivity contribution < 1.29 is 9.53 Å². The maximum Gasteiger partial charge on any atom is 0.404 e. The Morgan fingerprint density at radius 2 is 2.21 bits per heavy atom. The Morgan fingerprint density at radius 1 is 1.42 bits per heavy atom. The highest BCUT2D eigenvalue weighted by atomic mass is 32.2. The Hall–Kier alpha value is -2.02. The molecule has 0 radical (unpaired) electrons. The normalized spacial score (nSPS) is 10.5. The SMILES string of the molecule is NC(=O)OCCCSc1nc2ccccc2c(=O)[nH]1. The number of hydrogen-bond acceptors (Lipinski definition) is 5. The smallest absolute Gasteiger partial charge is 0.404 e. The Bertz CT molecular complexity index is 641. The highest BCUT2D eigenvalue weighted by Gasteiger charge is 2.03. The topological polar surface area (TPSA) is 98.1 Å². The predicted molar refractivity (Wildman–Crippen MR) is 73.2 cm³/mol. The van der Waals surface area contributed by atoms with Crippen LogP contribution < -0.4 is 11.3 Å². The van der Waals surface area contributed by atoms with Gasteiger partial charge in [0.2, 0.25) is 0 Å². The van der Waals surface area contributed by atoms with E-state index in [1.165, 1.54) is 11.8 Å². The van der Waals surface area contributed by atoms with Crippen LogP contribution in [0.1, 0.15) is 6.42 Å². The fourth-order valence-corrected chi connectivity index (χ4v) is 2.32. The lowest BCUT2D eigenvalue weighted by molar-refractivity contribution is 0.157. The summed E-state index contributed by atoms with van der Waals surface area (Å²) >= 11 is 1.40. The second-order valence-corrected chi connectivity index (χ2v) is 4.84. The molecule has 0 aliphatic carbocycles. The second-order valence-electron chi connectivity index (χ2n) is 3.76. The van der Waals surface area contributed by atoms with E-state index in [4.69, 9.17) is 5.73 Å². The van der Waals surface area contributed by atoms with Gasteiger partial charge in [-0.2, -0.15) is 0 Å². The van der Waals surface area contributed by atoms with Crippen molar-refractivity contribution in [3.05, 3.63) is 34.6 Å². The summed E-state index contributed by atoms with van der Waals surface area (Å²) in [6, 6.07) is 7.16. The number of primary amides is 1. The summed E-state index contributed by atoms with van der Waals surface area (Å²) in [5.41, 5.74) is 5.36. The van der Waals surface area contributed by atoms with Gasteiger partial charge in [0.1, 0.15) is 0 Å². The number of thioether (sulfide) groups is 1. The first kappa shape index (κ1) is 13.4. The second kappa shape index (κ2) is 6.24. The van der Waals surface area contributed by atoms with Crippen molar-refractivity contribution in [2.24, 2.45) is 5.73 Å². The van der Waals surface area contributed by atoms with E-state index in [1.807, 2.05) is 6.07 Å². The number of nitrogens with one attached hydrogen (secondary N) is 1.